The van der Waals surface area contributed by atoms with E-state index in [-0.39, 0.29) is 23.6 Å². The van der Waals surface area contributed by atoms with E-state index in [1.54, 1.807) is 43.3 Å². The Kier molecular flexibility index (Phi) is 5.31. The quantitative estimate of drug-likeness (QED) is 0.338. The molecular formula is C22H19N4O5+. The number of nitrogens with one attached hydrogen (secondary N) is 2. The number of anilines is 2. The first-order valence-electron chi connectivity index (χ1n) is 9.62. The average molecular weight is 419 g/mol. The number of hydrogen-bond acceptors (Lipinski definition) is 6. The van der Waals surface area contributed by atoms with Gasteiger partial charge in [0, 0.05) is 33.9 Å². The summed E-state index contributed by atoms with van der Waals surface area (Å²) < 4.78 is 6.14. The minimum atomic E-state index is -0.585. The number of benzene rings is 3. The lowest BCUT2D eigenvalue weighted by Gasteiger charge is -2.09. The monoisotopic (exact) mass is 419 g/mol. The van der Waals surface area contributed by atoms with Crippen LogP contribution in [0.25, 0.3) is 0 Å². The second-order valence-corrected chi connectivity index (χ2v) is 6.84. The highest BCUT2D eigenvalue weighted by Gasteiger charge is 2.38. The number of amides is 1. The van der Waals surface area contributed by atoms with E-state index < -0.39 is 17.0 Å². The number of carbonyl (C=O) groups is 1. The van der Waals surface area contributed by atoms with Crippen molar-refractivity contribution in [3.8, 4) is 5.75 Å². The number of carbonyl (C=O) groups excluding carboxylic acids is 1. The molecule has 3 aromatic carbocycles. The maximum Gasteiger partial charge on any atom is 0.311 e. The molecule has 1 amide bonds. The fourth-order valence-electron chi connectivity index (χ4n) is 3.38. The summed E-state index contributed by atoms with van der Waals surface area (Å²) in [6.07, 6.45) is -0.559. The van der Waals surface area contributed by atoms with Gasteiger partial charge in [0.1, 0.15) is 5.69 Å². The third-order valence-electron chi connectivity index (χ3n) is 4.87. The van der Waals surface area contributed by atoms with Crippen LogP contribution >= 0.6 is 0 Å². The van der Waals surface area contributed by atoms with Gasteiger partial charge in [0.05, 0.1) is 16.3 Å². The van der Waals surface area contributed by atoms with E-state index >= 15 is 0 Å². The third kappa shape index (κ3) is 3.93. The molecule has 1 unspecified atom stereocenters. The van der Waals surface area contributed by atoms with Crippen molar-refractivity contribution in [1.29, 1.82) is 0 Å². The van der Waals surface area contributed by atoms with Crippen molar-refractivity contribution >= 4 is 28.7 Å². The SMILES string of the molecule is CCOc1ccc(C(=O)Nc2ccc(C3Nc4ccccc4[N+]3=O)cc2)cc1[N+](=O)[O-]. The molecule has 1 heterocycles. The lowest BCUT2D eigenvalue weighted by atomic mass is 10.1. The van der Waals surface area contributed by atoms with E-state index in [1.165, 1.54) is 18.2 Å². The van der Waals surface area contributed by atoms with Crippen LogP contribution in [0.4, 0.5) is 22.7 Å². The summed E-state index contributed by atoms with van der Waals surface area (Å²) in [6, 6.07) is 18.1. The first kappa shape index (κ1) is 20.0. The molecule has 0 aromatic heterocycles. The maximum absolute atomic E-state index is 12.6. The number of nitro benzene ring substituents is 1. The normalized spacial score (nSPS) is 14.5. The summed E-state index contributed by atoms with van der Waals surface area (Å²) in [5.41, 5.74) is 2.43. The largest absolute Gasteiger partial charge is 0.487 e. The summed E-state index contributed by atoms with van der Waals surface area (Å²) in [4.78, 5) is 35.8. The van der Waals surface area contributed by atoms with Crippen molar-refractivity contribution in [1.82, 2.24) is 0 Å². The molecule has 4 rings (SSSR count). The molecule has 1 aliphatic heterocycles. The highest BCUT2D eigenvalue weighted by atomic mass is 16.6. The molecule has 0 bridgehead atoms. The van der Waals surface area contributed by atoms with E-state index in [1.807, 2.05) is 12.1 Å². The Balaban J connectivity index is 1.49. The Morgan fingerprint density at radius 1 is 1.16 bits per heavy atom. The van der Waals surface area contributed by atoms with Crippen molar-refractivity contribution in [3.63, 3.8) is 0 Å². The van der Waals surface area contributed by atoms with Crippen molar-refractivity contribution in [2.45, 2.75) is 13.1 Å². The molecule has 0 radical (unpaired) electrons. The number of ether oxygens (including phenoxy) is 1. The molecular weight excluding hydrogens is 400 g/mol. The van der Waals surface area contributed by atoms with Crippen molar-refractivity contribution in [3.05, 3.63) is 92.9 Å². The Bertz CT molecular complexity index is 1180. The predicted molar refractivity (Wildman–Crippen MR) is 115 cm³/mol. The number of rotatable bonds is 6. The van der Waals surface area contributed by atoms with E-state index in [9.17, 15) is 19.8 Å². The van der Waals surface area contributed by atoms with Crippen molar-refractivity contribution in [2.75, 3.05) is 17.2 Å². The van der Waals surface area contributed by atoms with Crippen LogP contribution in [0.15, 0.2) is 66.7 Å². The Morgan fingerprint density at radius 2 is 1.90 bits per heavy atom. The summed E-state index contributed by atoms with van der Waals surface area (Å²) in [5.74, 6) is -0.378. The maximum atomic E-state index is 12.6. The molecule has 0 aliphatic carbocycles. The topological polar surface area (TPSA) is 114 Å². The van der Waals surface area contributed by atoms with E-state index in [0.717, 1.165) is 16.0 Å². The van der Waals surface area contributed by atoms with Crippen LogP contribution in [0.5, 0.6) is 5.75 Å². The third-order valence-corrected chi connectivity index (χ3v) is 4.87. The minimum Gasteiger partial charge on any atom is -0.487 e. The van der Waals surface area contributed by atoms with Crippen LogP contribution < -0.4 is 15.4 Å². The number of fused-ring (bicyclic) bond motifs is 1. The molecule has 0 saturated heterocycles. The van der Waals surface area contributed by atoms with Crippen LogP contribution in [0.2, 0.25) is 0 Å². The van der Waals surface area contributed by atoms with E-state index in [0.29, 0.717) is 11.4 Å². The van der Waals surface area contributed by atoms with Crippen LogP contribution in [0.3, 0.4) is 0 Å². The number of nitrogens with zero attached hydrogens (tertiary/aromatic N) is 2. The molecule has 9 heteroatoms. The van der Waals surface area contributed by atoms with Crippen molar-refractivity contribution in [2.24, 2.45) is 0 Å². The molecule has 9 nitrogen and oxygen atoms in total. The van der Waals surface area contributed by atoms with Gasteiger partial charge in [0.2, 0.25) is 0 Å². The minimum absolute atomic E-state index is 0.112. The van der Waals surface area contributed by atoms with Gasteiger partial charge in [-0.15, -0.1) is 0 Å². The lowest BCUT2D eigenvalue weighted by molar-refractivity contribution is -0.495. The lowest BCUT2D eigenvalue weighted by Crippen LogP contribution is -2.14. The summed E-state index contributed by atoms with van der Waals surface area (Å²) >= 11 is 0. The van der Waals surface area contributed by atoms with Gasteiger partial charge < -0.3 is 15.4 Å². The fraction of sp³-hybridized carbons (Fsp3) is 0.136. The van der Waals surface area contributed by atoms with Gasteiger partial charge in [0.15, 0.2) is 5.75 Å². The zero-order valence-corrected chi connectivity index (χ0v) is 16.6. The van der Waals surface area contributed by atoms with Crippen molar-refractivity contribution < 1.29 is 19.2 Å². The molecule has 31 heavy (non-hydrogen) atoms. The van der Waals surface area contributed by atoms with Gasteiger partial charge >= 0.3 is 11.9 Å². The highest BCUT2D eigenvalue weighted by Crippen LogP contribution is 2.38. The summed E-state index contributed by atoms with van der Waals surface area (Å²) in [5, 5.41) is 17.1. The Hall–Kier alpha value is -4.27. The van der Waals surface area contributed by atoms with Crippen LogP contribution in [0.1, 0.15) is 29.0 Å². The molecule has 1 aliphatic rings. The predicted octanol–water partition coefficient (Wildman–Crippen LogP) is 4.78. The summed E-state index contributed by atoms with van der Waals surface area (Å²) in [7, 11) is 0. The van der Waals surface area contributed by atoms with Crippen LogP contribution in [0, 0.1) is 15.0 Å². The first-order chi connectivity index (χ1) is 15.0. The molecule has 0 saturated carbocycles. The zero-order valence-electron chi connectivity index (χ0n) is 16.6. The number of hydrogen-bond donors (Lipinski definition) is 2. The number of nitro groups is 1. The van der Waals surface area contributed by atoms with E-state index in [2.05, 4.69) is 10.6 Å². The van der Waals surface area contributed by atoms with E-state index in [4.69, 9.17) is 4.74 Å². The van der Waals surface area contributed by atoms with Gasteiger partial charge in [-0.3, -0.25) is 14.9 Å². The first-order valence-corrected chi connectivity index (χ1v) is 9.62. The zero-order chi connectivity index (χ0) is 22.0. The molecule has 3 aromatic rings. The molecule has 1 atom stereocenters. The second-order valence-electron chi connectivity index (χ2n) is 6.84. The second kappa shape index (κ2) is 8.23. The Labute approximate surface area is 177 Å². The van der Waals surface area contributed by atoms with Gasteiger partial charge in [-0.2, -0.15) is 0 Å². The molecule has 0 fully saturated rings. The van der Waals surface area contributed by atoms with Gasteiger partial charge in [-0.25, -0.2) is 0 Å². The molecule has 156 valence electrons. The average Bonchev–Trinajstić information content (AvgIpc) is 3.11. The fourth-order valence-corrected chi connectivity index (χ4v) is 3.38. The van der Waals surface area contributed by atoms with Gasteiger partial charge in [0.25, 0.3) is 11.6 Å². The smallest absolute Gasteiger partial charge is 0.311 e. The van der Waals surface area contributed by atoms with Gasteiger partial charge in [-0.1, -0.05) is 12.1 Å². The van der Waals surface area contributed by atoms with Crippen LogP contribution in [-0.2, 0) is 0 Å². The summed E-state index contributed by atoms with van der Waals surface area (Å²) in [6.45, 7) is 2.00. The standard InChI is InChI=1S/C22H18N4O5/c1-2-31-20-12-9-15(13-19(20)26(29)30)22(27)23-16-10-7-14(8-11-16)21-24-17-5-3-4-6-18(17)25(21)28/h3-13,21H,2H2,1H3,(H-,23,24,27,28)/p+1. The van der Waals surface area contributed by atoms with Gasteiger partial charge in [-0.05, 0) is 49.4 Å². The molecule has 0 spiro atoms. The highest BCUT2D eigenvalue weighted by molar-refractivity contribution is 6.04. The number of nitroso groups, excluding NO2 is 1. The van der Waals surface area contributed by atoms with Crippen LogP contribution in [-0.4, -0.2) is 22.2 Å². The molecule has 2 N–H and O–H groups in total. The Morgan fingerprint density at radius 3 is 2.58 bits per heavy atom. The number of para-hydroxylation sites is 2.